The molecule has 8 heteroatoms. The number of aryl methyl sites for hydroxylation is 1. The van der Waals surface area contributed by atoms with E-state index in [1.165, 1.54) is 6.07 Å². The van der Waals surface area contributed by atoms with Gasteiger partial charge in [0.25, 0.3) is 5.91 Å². The third kappa shape index (κ3) is 4.16. The first-order chi connectivity index (χ1) is 10.4. The van der Waals surface area contributed by atoms with E-state index in [2.05, 4.69) is 10.1 Å². The number of carbonyl (C=O) groups is 2. The predicted octanol–water partition coefficient (Wildman–Crippen LogP) is 3.03. The van der Waals surface area contributed by atoms with Crippen molar-refractivity contribution in [2.24, 2.45) is 5.92 Å². The van der Waals surface area contributed by atoms with Crippen LogP contribution in [0.15, 0.2) is 6.07 Å². The fourth-order valence-electron chi connectivity index (χ4n) is 2.57. The molecule has 2 rings (SSSR count). The van der Waals surface area contributed by atoms with Crippen LogP contribution in [0.2, 0.25) is 0 Å². The molecule has 22 heavy (non-hydrogen) atoms. The lowest BCUT2D eigenvalue weighted by atomic mass is 9.86. The minimum absolute atomic E-state index is 0.116. The normalized spacial score (nSPS) is 21.6. The zero-order valence-corrected chi connectivity index (χ0v) is 12.8. The number of hydrogen-bond donors (Lipinski definition) is 2. The Bertz CT molecular complexity index is 553. The van der Waals surface area contributed by atoms with Crippen LogP contribution in [0.25, 0.3) is 0 Å². The number of thiophene rings is 1. The van der Waals surface area contributed by atoms with Gasteiger partial charge < -0.3 is 15.2 Å². The number of alkyl halides is 2. The number of rotatable bonds is 5. The van der Waals surface area contributed by atoms with E-state index >= 15 is 0 Å². The van der Waals surface area contributed by atoms with Gasteiger partial charge in [0.2, 0.25) is 0 Å². The fourth-order valence-corrected chi connectivity index (χ4v) is 3.42. The van der Waals surface area contributed by atoms with Gasteiger partial charge in [-0.3, -0.25) is 9.59 Å². The molecule has 0 unspecified atom stereocenters. The largest absolute Gasteiger partial charge is 0.481 e. The van der Waals surface area contributed by atoms with Crippen molar-refractivity contribution < 1.29 is 28.2 Å². The van der Waals surface area contributed by atoms with Gasteiger partial charge in [0.1, 0.15) is 10.6 Å². The second kappa shape index (κ2) is 7.04. The Kier molecular flexibility index (Phi) is 5.33. The average Bonchev–Trinajstić information content (AvgIpc) is 2.79. The smallest absolute Gasteiger partial charge is 0.387 e. The summed E-state index contributed by atoms with van der Waals surface area (Å²) in [6, 6.07) is 1.28. The molecule has 0 aromatic carbocycles. The molecule has 0 aliphatic heterocycles. The van der Waals surface area contributed by atoms with E-state index in [1.54, 1.807) is 6.92 Å². The molecule has 0 spiro atoms. The average molecular weight is 333 g/mol. The SMILES string of the molecule is Cc1cc(OC(F)F)c(C(=O)NC2CCC(C(=O)O)CC2)s1. The molecule has 1 amide bonds. The molecule has 1 aliphatic rings. The van der Waals surface area contributed by atoms with Crippen molar-refractivity contribution in [3.05, 3.63) is 15.8 Å². The van der Waals surface area contributed by atoms with Gasteiger partial charge in [-0.25, -0.2) is 0 Å². The highest BCUT2D eigenvalue weighted by Gasteiger charge is 2.28. The Labute approximate surface area is 130 Å². The molecule has 1 aliphatic carbocycles. The Morgan fingerprint density at radius 2 is 2.00 bits per heavy atom. The highest BCUT2D eigenvalue weighted by molar-refractivity contribution is 7.14. The molecule has 0 bridgehead atoms. The van der Waals surface area contributed by atoms with E-state index < -0.39 is 18.5 Å². The maximum Gasteiger partial charge on any atom is 0.387 e. The summed E-state index contributed by atoms with van der Waals surface area (Å²) in [5.41, 5.74) is 0. The number of nitrogens with one attached hydrogen (secondary N) is 1. The van der Waals surface area contributed by atoms with Crippen LogP contribution < -0.4 is 10.1 Å². The van der Waals surface area contributed by atoms with Crippen molar-refractivity contribution in [2.45, 2.75) is 45.3 Å². The molecule has 122 valence electrons. The molecular weight excluding hydrogens is 316 g/mol. The van der Waals surface area contributed by atoms with Crippen molar-refractivity contribution in [1.29, 1.82) is 0 Å². The summed E-state index contributed by atoms with van der Waals surface area (Å²) in [7, 11) is 0. The van der Waals surface area contributed by atoms with Crippen LogP contribution in [0, 0.1) is 12.8 Å². The third-order valence-electron chi connectivity index (χ3n) is 3.66. The molecule has 1 aromatic rings. The number of carboxylic acids is 1. The molecule has 1 fully saturated rings. The Morgan fingerprint density at radius 1 is 1.36 bits per heavy atom. The van der Waals surface area contributed by atoms with Crippen LogP contribution >= 0.6 is 11.3 Å². The van der Waals surface area contributed by atoms with Crippen LogP contribution in [0.3, 0.4) is 0 Å². The van der Waals surface area contributed by atoms with Gasteiger partial charge in [0.15, 0.2) is 0 Å². The van der Waals surface area contributed by atoms with Gasteiger partial charge in [-0.05, 0) is 38.7 Å². The number of halogens is 2. The molecule has 1 saturated carbocycles. The first kappa shape index (κ1) is 16.7. The van der Waals surface area contributed by atoms with Gasteiger partial charge in [-0.2, -0.15) is 8.78 Å². The maximum atomic E-state index is 12.3. The molecule has 0 radical (unpaired) electrons. The van der Waals surface area contributed by atoms with E-state index in [4.69, 9.17) is 5.11 Å². The zero-order chi connectivity index (χ0) is 16.3. The van der Waals surface area contributed by atoms with Crippen LogP contribution in [-0.2, 0) is 4.79 Å². The van der Waals surface area contributed by atoms with Gasteiger partial charge in [-0.1, -0.05) is 0 Å². The second-order valence-corrected chi connectivity index (χ2v) is 6.55. The lowest BCUT2D eigenvalue weighted by Crippen LogP contribution is -2.38. The van der Waals surface area contributed by atoms with Gasteiger partial charge in [0.05, 0.1) is 5.92 Å². The lowest BCUT2D eigenvalue weighted by molar-refractivity contribution is -0.142. The quantitative estimate of drug-likeness (QED) is 0.868. The van der Waals surface area contributed by atoms with Crippen LogP contribution in [0.1, 0.15) is 40.2 Å². The molecule has 0 saturated heterocycles. The van der Waals surface area contributed by atoms with Crippen molar-refractivity contribution in [3.63, 3.8) is 0 Å². The van der Waals surface area contributed by atoms with E-state index in [-0.39, 0.29) is 22.6 Å². The van der Waals surface area contributed by atoms with Crippen LogP contribution in [0.4, 0.5) is 8.78 Å². The first-order valence-electron chi connectivity index (χ1n) is 6.95. The summed E-state index contributed by atoms with van der Waals surface area (Å²) in [6.45, 7) is -1.27. The number of amides is 1. The molecule has 1 heterocycles. The summed E-state index contributed by atoms with van der Waals surface area (Å²) in [5, 5.41) is 11.7. The monoisotopic (exact) mass is 333 g/mol. The highest BCUT2D eigenvalue weighted by atomic mass is 32.1. The minimum Gasteiger partial charge on any atom is -0.481 e. The van der Waals surface area contributed by atoms with E-state index in [1.807, 2.05) is 0 Å². The standard InChI is InChI=1S/C14H17F2NO4S/c1-7-6-10(21-14(15)16)11(22-7)12(18)17-9-4-2-8(3-5-9)13(19)20/h6,8-9,14H,2-5H2,1H3,(H,17,18)(H,19,20). The van der Waals surface area contributed by atoms with Crippen molar-refractivity contribution >= 4 is 23.2 Å². The van der Waals surface area contributed by atoms with Gasteiger partial charge >= 0.3 is 12.6 Å². The van der Waals surface area contributed by atoms with Crippen molar-refractivity contribution in [2.75, 3.05) is 0 Å². The van der Waals surface area contributed by atoms with E-state index in [0.29, 0.717) is 30.6 Å². The molecule has 0 atom stereocenters. The number of aliphatic carboxylic acids is 1. The summed E-state index contributed by atoms with van der Waals surface area (Å²) < 4.78 is 29.1. The third-order valence-corrected chi connectivity index (χ3v) is 4.69. The Balaban J connectivity index is 1.97. The summed E-state index contributed by atoms with van der Waals surface area (Å²) in [6.07, 6.45) is 2.14. The maximum absolute atomic E-state index is 12.3. The molecule has 1 aromatic heterocycles. The topological polar surface area (TPSA) is 75.6 Å². The summed E-state index contributed by atoms with van der Waals surface area (Å²) in [4.78, 5) is 23.9. The number of hydrogen-bond acceptors (Lipinski definition) is 4. The fraction of sp³-hybridized carbons (Fsp3) is 0.571. The lowest BCUT2D eigenvalue weighted by Gasteiger charge is -2.26. The van der Waals surface area contributed by atoms with Gasteiger partial charge in [0, 0.05) is 10.9 Å². The summed E-state index contributed by atoms with van der Waals surface area (Å²) in [5.74, 6) is -1.75. The minimum atomic E-state index is -2.98. The van der Waals surface area contributed by atoms with E-state index in [0.717, 1.165) is 11.3 Å². The zero-order valence-electron chi connectivity index (χ0n) is 12.0. The van der Waals surface area contributed by atoms with Crippen molar-refractivity contribution in [3.8, 4) is 5.75 Å². The molecule has 2 N–H and O–H groups in total. The van der Waals surface area contributed by atoms with E-state index in [9.17, 15) is 18.4 Å². The highest BCUT2D eigenvalue weighted by Crippen LogP contribution is 2.31. The van der Waals surface area contributed by atoms with Crippen LogP contribution in [-0.4, -0.2) is 29.6 Å². The second-order valence-electron chi connectivity index (χ2n) is 5.29. The first-order valence-corrected chi connectivity index (χ1v) is 7.77. The van der Waals surface area contributed by atoms with Crippen LogP contribution in [0.5, 0.6) is 5.75 Å². The predicted molar refractivity (Wildman–Crippen MR) is 76.5 cm³/mol. The Hall–Kier alpha value is -1.70. The molecular formula is C14H17F2NO4S. The van der Waals surface area contributed by atoms with Gasteiger partial charge in [-0.15, -0.1) is 11.3 Å². The Morgan fingerprint density at radius 3 is 2.55 bits per heavy atom. The molecule has 5 nitrogen and oxygen atoms in total. The number of carbonyl (C=O) groups excluding carboxylic acids is 1. The number of carboxylic acid groups (broad SMARTS) is 1. The summed E-state index contributed by atoms with van der Waals surface area (Å²) >= 11 is 1.09. The van der Waals surface area contributed by atoms with Crippen molar-refractivity contribution in [1.82, 2.24) is 5.32 Å². The number of ether oxygens (including phenoxy) is 1.